The number of hydrogen-bond donors (Lipinski definition) is 2. The summed E-state index contributed by atoms with van der Waals surface area (Å²) >= 11 is 0. The number of nitrogens with one attached hydrogen (secondary N) is 1. The molecule has 1 rings (SSSR count). The Hall–Kier alpha value is -1.71. The molecular formula is C11H17N3O. The maximum Gasteiger partial charge on any atom is 0.142 e. The summed E-state index contributed by atoms with van der Waals surface area (Å²) in [5.74, 6) is 1.04. The molecule has 0 amide bonds. The van der Waals surface area contributed by atoms with Gasteiger partial charge < -0.3 is 15.4 Å². The molecule has 0 fully saturated rings. The van der Waals surface area contributed by atoms with Crippen LogP contribution in [0.4, 0.5) is 5.69 Å². The van der Waals surface area contributed by atoms with Crippen LogP contribution in [0.1, 0.15) is 6.42 Å². The molecule has 0 aliphatic rings. The fraction of sp³-hybridized carbons (Fsp3) is 0.364. The molecule has 4 heteroatoms. The van der Waals surface area contributed by atoms with Gasteiger partial charge in [-0.25, -0.2) is 0 Å². The summed E-state index contributed by atoms with van der Waals surface area (Å²) in [6.07, 6.45) is 0.564. The highest BCUT2D eigenvalue weighted by atomic mass is 16.5. The minimum absolute atomic E-state index is 0.205. The monoisotopic (exact) mass is 207 g/mol. The summed E-state index contributed by atoms with van der Waals surface area (Å²) in [5.41, 5.74) is 6.33. The van der Waals surface area contributed by atoms with Crippen LogP contribution < -0.4 is 15.4 Å². The standard InChI is InChI=1S/C11H17N3O/c1-14(8-7-11(12)13)9-5-3-4-6-10(9)15-2/h3-6H,7-8H2,1-2H3,(H3,12,13). The van der Waals surface area contributed by atoms with E-state index in [-0.39, 0.29) is 5.84 Å². The van der Waals surface area contributed by atoms with Crippen LogP contribution >= 0.6 is 0 Å². The summed E-state index contributed by atoms with van der Waals surface area (Å²) < 4.78 is 5.25. The van der Waals surface area contributed by atoms with Crippen LogP contribution in [0.5, 0.6) is 5.75 Å². The van der Waals surface area contributed by atoms with Gasteiger partial charge in [-0.3, -0.25) is 5.41 Å². The van der Waals surface area contributed by atoms with Gasteiger partial charge in [0, 0.05) is 20.0 Å². The van der Waals surface area contributed by atoms with Crippen molar-refractivity contribution in [2.24, 2.45) is 5.73 Å². The van der Waals surface area contributed by atoms with E-state index in [0.29, 0.717) is 6.42 Å². The molecule has 0 aliphatic heterocycles. The van der Waals surface area contributed by atoms with E-state index < -0.39 is 0 Å². The molecule has 0 heterocycles. The summed E-state index contributed by atoms with van der Waals surface area (Å²) in [7, 11) is 3.61. The van der Waals surface area contributed by atoms with Gasteiger partial charge >= 0.3 is 0 Å². The molecule has 0 atom stereocenters. The van der Waals surface area contributed by atoms with E-state index in [4.69, 9.17) is 15.9 Å². The van der Waals surface area contributed by atoms with Crippen molar-refractivity contribution in [3.05, 3.63) is 24.3 Å². The molecule has 0 aliphatic carbocycles. The van der Waals surface area contributed by atoms with Gasteiger partial charge in [-0.1, -0.05) is 12.1 Å². The zero-order valence-corrected chi connectivity index (χ0v) is 9.16. The smallest absolute Gasteiger partial charge is 0.142 e. The molecule has 3 N–H and O–H groups in total. The highest BCUT2D eigenvalue weighted by molar-refractivity contribution is 5.77. The first kappa shape index (κ1) is 11.4. The summed E-state index contributed by atoms with van der Waals surface area (Å²) in [6.45, 7) is 0.718. The number of nitrogens with two attached hydrogens (primary N) is 1. The quantitative estimate of drug-likeness (QED) is 0.567. The zero-order valence-electron chi connectivity index (χ0n) is 9.16. The Morgan fingerprint density at radius 2 is 2.13 bits per heavy atom. The van der Waals surface area contributed by atoms with E-state index in [1.807, 2.05) is 36.2 Å². The van der Waals surface area contributed by atoms with Crippen LogP contribution in [0.15, 0.2) is 24.3 Å². The molecular weight excluding hydrogens is 190 g/mol. The van der Waals surface area contributed by atoms with Crippen LogP contribution in [0.25, 0.3) is 0 Å². The van der Waals surface area contributed by atoms with Crippen molar-refractivity contribution in [2.45, 2.75) is 6.42 Å². The molecule has 0 bridgehead atoms. The number of hydrogen-bond acceptors (Lipinski definition) is 3. The number of benzene rings is 1. The lowest BCUT2D eigenvalue weighted by molar-refractivity contribution is 0.415. The number of amidine groups is 1. The number of methoxy groups -OCH3 is 1. The first-order valence-electron chi connectivity index (χ1n) is 4.82. The van der Waals surface area contributed by atoms with Crippen molar-refractivity contribution in [1.82, 2.24) is 0 Å². The van der Waals surface area contributed by atoms with Gasteiger partial charge in [-0.2, -0.15) is 0 Å². The number of rotatable bonds is 5. The Morgan fingerprint density at radius 3 is 2.73 bits per heavy atom. The number of anilines is 1. The van der Waals surface area contributed by atoms with Crippen molar-refractivity contribution in [2.75, 3.05) is 25.6 Å². The normalized spacial score (nSPS) is 9.73. The molecule has 0 spiro atoms. The third-order valence-electron chi connectivity index (χ3n) is 2.21. The number of ether oxygens (including phenoxy) is 1. The van der Waals surface area contributed by atoms with Crippen LogP contribution in [-0.2, 0) is 0 Å². The molecule has 82 valence electrons. The second-order valence-corrected chi connectivity index (χ2v) is 3.37. The van der Waals surface area contributed by atoms with Gasteiger partial charge in [-0.05, 0) is 12.1 Å². The lowest BCUT2D eigenvalue weighted by Gasteiger charge is -2.21. The fourth-order valence-corrected chi connectivity index (χ4v) is 1.35. The average Bonchev–Trinajstić information content (AvgIpc) is 2.25. The highest BCUT2D eigenvalue weighted by Gasteiger charge is 2.06. The lowest BCUT2D eigenvalue weighted by Crippen LogP contribution is -2.24. The third-order valence-corrected chi connectivity index (χ3v) is 2.21. The van der Waals surface area contributed by atoms with Crippen LogP contribution in [0, 0.1) is 5.41 Å². The van der Waals surface area contributed by atoms with Crippen molar-refractivity contribution >= 4 is 11.5 Å². The third kappa shape index (κ3) is 3.16. The van der Waals surface area contributed by atoms with Crippen LogP contribution in [0.2, 0.25) is 0 Å². The first-order chi connectivity index (χ1) is 7.15. The minimum atomic E-state index is 0.205. The summed E-state index contributed by atoms with van der Waals surface area (Å²) in [6, 6.07) is 7.79. The van der Waals surface area contributed by atoms with Gasteiger partial charge in [0.2, 0.25) is 0 Å². The Labute approximate surface area is 90.2 Å². The van der Waals surface area contributed by atoms with Gasteiger partial charge in [-0.15, -0.1) is 0 Å². The van der Waals surface area contributed by atoms with Gasteiger partial charge in [0.15, 0.2) is 0 Å². The largest absolute Gasteiger partial charge is 0.495 e. The second-order valence-electron chi connectivity index (χ2n) is 3.37. The molecule has 1 aromatic rings. The lowest BCUT2D eigenvalue weighted by atomic mass is 10.2. The Balaban J connectivity index is 2.72. The molecule has 1 aromatic carbocycles. The van der Waals surface area contributed by atoms with E-state index in [0.717, 1.165) is 18.0 Å². The second kappa shape index (κ2) is 5.24. The Bertz CT molecular complexity index is 338. The SMILES string of the molecule is COc1ccccc1N(C)CCC(=N)N. The molecule has 0 unspecified atom stereocenters. The minimum Gasteiger partial charge on any atom is -0.495 e. The predicted octanol–water partition coefficient (Wildman–Crippen LogP) is 1.46. The maximum atomic E-state index is 7.17. The molecule has 0 aromatic heterocycles. The van der Waals surface area contributed by atoms with E-state index in [1.54, 1.807) is 7.11 Å². The topological polar surface area (TPSA) is 62.3 Å². The van der Waals surface area contributed by atoms with E-state index in [2.05, 4.69) is 0 Å². The van der Waals surface area contributed by atoms with Gasteiger partial charge in [0.05, 0.1) is 18.6 Å². The van der Waals surface area contributed by atoms with Crippen molar-refractivity contribution in [1.29, 1.82) is 5.41 Å². The Kier molecular flexibility index (Phi) is 3.97. The first-order valence-corrected chi connectivity index (χ1v) is 4.82. The van der Waals surface area contributed by atoms with E-state index in [1.165, 1.54) is 0 Å². The van der Waals surface area contributed by atoms with Crippen molar-refractivity contribution in [3.63, 3.8) is 0 Å². The van der Waals surface area contributed by atoms with E-state index >= 15 is 0 Å². The van der Waals surface area contributed by atoms with Crippen molar-refractivity contribution in [3.8, 4) is 5.75 Å². The molecule has 0 saturated carbocycles. The van der Waals surface area contributed by atoms with Crippen LogP contribution in [0.3, 0.4) is 0 Å². The van der Waals surface area contributed by atoms with Crippen LogP contribution in [-0.4, -0.2) is 26.5 Å². The maximum absolute atomic E-state index is 7.17. The fourth-order valence-electron chi connectivity index (χ4n) is 1.35. The molecule has 15 heavy (non-hydrogen) atoms. The summed E-state index contributed by atoms with van der Waals surface area (Å²) in [5, 5.41) is 7.17. The number of nitrogens with zero attached hydrogens (tertiary/aromatic N) is 1. The van der Waals surface area contributed by atoms with E-state index in [9.17, 15) is 0 Å². The molecule has 0 radical (unpaired) electrons. The number of para-hydroxylation sites is 2. The van der Waals surface area contributed by atoms with Crippen molar-refractivity contribution < 1.29 is 4.74 Å². The van der Waals surface area contributed by atoms with Gasteiger partial charge in [0.25, 0.3) is 0 Å². The Morgan fingerprint density at radius 1 is 1.47 bits per heavy atom. The zero-order chi connectivity index (χ0) is 11.3. The summed E-state index contributed by atoms with van der Waals surface area (Å²) in [4.78, 5) is 2.03. The molecule has 4 nitrogen and oxygen atoms in total. The molecule has 0 saturated heterocycles. The van der Waals surface area contributed by atoms with Gasteiger partial charge in [0.1, 0.15) is 5.75 Å². The predicted molar refractivity (Wildman–Crippen MR) is 62.8 cm³/mol. The average molecular weight is 207 g/mol. The highest BCUT2D eigenvalue weighted by Crippen LogP contribution is 2.26.